The van der Waals surface area contributed by atoms with Gasteiger partial charge in [-0.25, -0.2) is 4.39 Å². The van der Waals surface area contributed by atoms with E-state index in [0.29, 0.717) is 23.3 Å². The molecule has 0 aliphatic rings. The summed E-state index contributed by atoms with van der Waals surface area (Å²) in [6.07, 6.45) is 1.55. The highest BCUT2D eigenvalue weighted by molar-refractivity contribution is 7.99. The molecule has 2 aromatic heterocycles. The minimum Gasteiger partial charge on any atom is -0.461 e. The van der Waals surface area contributed by atoms with E-state index >= 15 is 0 Å². The number of carbonyl (C=O) groups excluding carboxylic acids is 2. The highest BCUT2D eigenvalue weighted by Crippen LogP contribution is 2.24. The van der Waals surface area contributed by atoms with Crippen molar-refractivity contribution in [1.29, 1.82) is 0 Å². The number of hydrogen-bond donors (Lipinski definition) is 0. The maximum atomic E-state index is 12.9. The second kappa shape index (κ2) is 8.63. The van der Waals surface area contributed by atoms with E-state index in [9.17, 15) is 14.0 Å². The van der Waals surface area contributed by atoms with Gasteiger partial charge in [-0.3, -0.25) is 14.2 Å². The van der Waals surface area contributed by atoms with Gasteiger partial charge in [-0.2, -0.15) is 0 Å². The van der Waals surface area contributed by atoms with Gasteiger partial charge in [0.15, 0.2) is 29.1 Å². The van der Waals surface area contributed by atoms with Crippen LogP contribution in [0, 0.1) is 5.82 Å². The topological polar surface area (TPSA) is 87.2 Å². The van der Waals surface area contributed by atoms with Crippen LogP contribution in [0.4, 0.5) is 4.39 Å². The lowest BCUT2D eigenvalue weighted by Gasteiger charge is -2.06. The molecule has 9 heteroatoms. The molecule has 3 rings (SSSR count). The summed E-state index contributed by atoms with van der Waals surface area (Å²) < 4.78 is 25.0. The third kappa shape index (κ3) is 4.62. The number of ether oxygens (including phenoxy) is 1. The minimum atomic E-state index is -0.555. The Morgan fingerprint density at radius 2 is 2.00 bits per heavy atom. The van der Waals surface area contributed by atoms with E-state index in [-0.39, 0.29) is 11.3 Å². The molecule has 0 radical (unpaired) electrons. The van der Waals surface area contributed by atoms with E-state index < -0.39 is 24.2 Å². The molecule has 2 heterocycles. The van der Waals surface area contributed by atoms with Gasteiger partial charge in [-0.15, -0.1) is 10.2 Å². The van der Waals surface area contributed by atoms with E-state index in [1.807, 2.05) is 11.5 Å². The van der Waals surface area contributed by atoms with Crippen molar-refractivity contribution < 1.29 is 23.1 Å². The molecule has 0 spiro atoms. The van der Waals surface area contributed by atoms with Crippen LogP contribution in [0.25, 0.3) is 11.6 Å². The summed E-state index contributed by atoms with van der Waals surface area (Å²) in [6, 6.07) is 8.59. The number of benzene rings is 1. The molecular formula is C18H16FN3O4S. The number of ketones is 1. The second-order valence-corrected chi connectivity index (χ2v) is 6.35. The van der Waals surface area contributed by atoms with Gasteiger partial charge in [-0.05, 0) is 43.3 Å². The Hall–Kier alpha value is -2.94. The van der Waals surface area contributed by atoms with Crippen molar-refractivity contribution in [3.8, 4) is 11.6 Å². The van der Waals surface area contributed by atoms with Crippen LogP contribution >= 0.6 is 11.8 Å². The lowest BCUT2D eigenvalue weighted by atomic mass is 10.1. The summed E-state index contributed by atoms with van der Waals surface area (Å²) in [5, 5.41) is 8.71. The van der Waals surface area contributed by atoms with Crippen LogP contribution < -0.4 is 0 Å². The highest BCUT2D eigenvalue weighted by Gasteiger charge is 2.17. The molecule has 0 aliphatic carbocycles. The Kier molecular flexibility index (Phi) is 6.02. The van der Waals surface area contributed by atoms with Crippen LogP contribution in [0.2, 0.25) is 0 Å². The number of furan rings is 1. The average Bonchev–Trinajstić information content (AvgIpc) is 3.33. The predicted octanol–water partition coefficient (Wildman–Crippen LogP) is 3.22. The zero-order valence-corrected chi connectivity index (χ0v) is 15.2. The maximum absolute atomic E-state index is 12.9. The van der Waals surface area contributed by atoms with Crippen LogP contribution in [0.1, 0.15) is 17.3 Å². The van der Waals surface area contributed by atoms with Crippen molar-refractivity contribution in [1.82, 2.24) is 14.8 Å². The molecule has 27 heavy (non-hydrogen) atoms. The van der Waals surface area contributed by atoms with Crippen molar-refractivity contribution in [2.24, 2.45) is 0 Å². The fourth-order valence-corrected chi connectivity index (χ4v) is 3.10. The van der Waals surface area contributed by atoms with Crippen molar-refractivity contribution in [3.05, 3.63) is 54.0 Å². The van der Waals surface area contributed by atoms with Gasteiger partial charge in [0.1, 0.15) is 5.82 Å². The molecule has 7 nitrogen and oxygen atoms in total. The Labute approximate surface area is 158 Å². The maximum Gasteiger partial charge on any atom is 0.316 e. The fourth-order valence-electron chi connectivity index (χ4n) is 2.30. The Bertz CT molecular complexity index is 923. The number of rotatable bonds is 8. The summed E-state index contributed by atoms with van der Waals surface area (Å²) in [5.41, 5.74) is 0.283. The fraction of sp³-hybridized carbons (Fsp3) is 0.222. The smallest absolute Gasteiger partial charge is 0.316 e. The van der Waals surface area contributed by atoms with Gasteiger partial charge in [-0.1, -0.05) is 11.8 Å². The third-order valence-electron chi connectivity index (χ3n) is 3.62. The molecule has 0 N–H and O–H groups in total. The van der Waals surface area contributed by atoms with Gasteiger partial charge >= 0.3 is 5.97 Å². The molecule has 0 bridgehead atoms. The molecule has 0 amide bonds. The van der Waals surface area contributed by atoms with E-state index in [2.05, 4.69) is 10.2 Å². The molecule has 0 aliphatic heterocycles. The average molecular weight is 389 g/mol. The lowest BCUT2D eigenvalue weighted by Crippen LogP contribution is -2.16. The zero-order chi connectivity index (χ0) is 19.2. The number of thioether (sulfide) groups is 1. The van der Waals surface area contributed by atoms with Crippen molar-refractivity contribution in [2.75, 3.05) is 12.4 Å². The standard InChI is InChI=1S/C18H16FN3O4S/c1-2-22-17(15-4-3-9-25-15)20-21-18(22)27-11-16(24)26-10-14(23)12-5-7-13(19)8-6-12/h3-9H,2,10-11H2,1H3. The highest BCUT2D eigenvalue weighted by atomic mass is 32.2. The van der Waals surface area contributed by atoms with Gasteiger partial charge in [0.05, 0.1) is 12.0 Å². The number of Topliss-reactive ketones (excluding diaryl/α,β-unsaturated/α-hetero) is 1. The number of nitrogens with zero attached hydrogens (tertiary/aromatic N) is 3. The monoisotopic (exact) mass is 389 g/mol. The number of aromatic nitrogens is 3. The largest absolute Gasteiger partial charge is 0.461 e. The second-order valence-electron chi connectivity index (χ2n) is 5.41. The number of halogens is 1. The molecule has 0 fully saturated rings. The number of esters is 1. The van der Waals surface area contributed by atoms with Crippen molar-refractivity contribution in [3.63, 3.8) is 0 Å². The molecular weight excluding hydrogens is 373 g/mol. The van der Waals surface area contributed by atoms with Crippen LogP contribution in [0.3, 0.4) is 0 Å². The molecule has 0 atom stereocenters. The first-order chi connectivity index (χ1) is 13.1. The Morgan fingerprint density at radius 1 is 1.22 bits per heavy atom. The normalized spacial score (nSPS) is 10.7. The van der Waals surface area contributed by atoms with E-state index in [1.54, 1.807) is 18.4 Å². The van der Waals surface area contributed by atoms with Crippen molar-refractivity contribution in [2.45, 2.75) is 18.6 Å². The third-order valence-corrected chi connectivity index (χ3v) is 4.56. The van der Waals surface area contributed by atoms with E-state index in [1.165, 1.54) is 24.3 Å². The van der Waals surface area contributed by atoms with Crippen LogP contribution in [-0.4, -0.2) is 38.9 Å². The van der Waals surface area contributed by atoms with Crippen LogP contribution in [0.5, 0.6) is 0 Å². The molecule has 3 aromatic rings. The molecule has 0 unspecified atom stereocenters. The SMILES string of the molecule is CCn1c(SCC(=O)OCC(=O)c2ccc(F)cc2)nnc1-c1ccco1. The van der Waals surface area contributed by atoms with Crippen molar-refractivity contribution >= 4 is 23.5 Å². The van der Waals surface area contributed by atoms with Gasteiger partial charge < -0.3 is 9.15 Å². The van der Waals surface area contributed by atoms with Crippen LogP contribution in [0.15, 0.2) is 52.2 Å². The van der Waals surface area contributed by atoms with Gasteiger partial charge in [0, 0.05) is 12.1 Å². The summed E-state index contributed by atoms with van der Waals surface area (Å²) in [6.45, 7) is 2.13. The minimum absolute atomic E-state index is 0.0208. The molecule has 140 valence electrons. The predicted molar refractivity (Wildman–Crippen MR) is 95.8 cm³/mol. The van der Waals surface area contributed by atoms with Gasteiger partial charge in [0.25, 0.3) is 0 Å². The quantitative estimate of drug-likeness (QED) is 0.332. The first-order valence-corrected chi connectivity index (χ1v) is 9.11. The van der Waals surface area contributed by atoms with E-state index in [4.69, 9.17) is 9.15 Å². The number of carbonyl (C=O) groups is 2. The summed E-state index contributed by atoms with van der Waals surface area (Å²) in [7, 11) is 0. The molecule has 0 saturated carbocycles. The summed E-state index contributed by atoms with van der Waals surface area (Å²) >= 11 is 1.16. The summed E-state index contributed by atoms with van der Waals surface area (Å²) in [5.74, 6) is -0.249. The van der Waals surface area contributed by atoms with Crippen LogP contribution in [-0.2, 0) is 16.1 Å². The first kappa shape index (κ1) is 18.8. The Morgan fingerprint density at radius 3 is 2.67 bits per heavy atom. The molecule has 0 saturated heterocycles. The number of hydrogen-bond acceptors (Lipinski definition) is 7. The van der Waals surface area contributed by atoms with Gasteiger partial charge in [0.2, 0.25) is 0 Å². The Balaban J connectivity index is 1.53. The lowest BCUT2D eigenvalue weighted by molar-refractivity contribution is -0.139. The zero-order valence-electron chi connectivity index (χ0n) is 14.4. The molecule has 1 aromatic carbocycles. The first-order valence-electron chi connectivity index (χ1n) is 8.12. The summed E-state index contributed by atoms with van der Waals surface area (Å²) in [4.78, 5) is 23.8. The van der Waals surface area contributed by atoms with E-state index in [0.717, 1.165) is 11.8 Å².